The van der Waals surface area contributed by atoms with Gasteiger partial charge >= 0.3 is 0 Å². The van der Waals surface area contributed by atoms with Crippen molar-refractivity contribution >= 4 is 28.8 Å². The molecule has 2 unspecified atom stereocenters. The molecule has 11 heteroatoms. The molecule has 2 aromatic carbocycles. The van der Waals surface area contributed by atoms with Crippen molar-refractivity contribution in [3.63, 3.8) is 0 Å². The fourth-order valence-corrected chi connectivity index (χ4v) is 7.28. The molecule has 11 nitrogen and oxygen atoms in total. The predicted molar refractivity (Wildman–Crippen MR) is 158 cm³/mol. The third-order valence-electron chi connectivity index (χ3n) is 9.12. The summed E-state index contributed by atoms with van der Waals surface area (Å²) in [7, 11) is 1.68. The van der Waals surface area contributed by atoms with Crippen LogP contribution in [0, 0.1) is 11.8 Å². The van der Waals surface area contributed by atoms with Crippen molar-refractivity contribution in [1.82, 2.24) is 29.7 Å². The molecule has 224 valence electrons. The first kappa shape index (κ1) is 28.8. The zero-order chi connectivity index (χ0) is 30.3. The minimum Gasteiger partial charge on any atom is -0.394 e. The van der Waals surface area contributed by atoms with Gasteiger partial charge in [-0.1, -0.05) is 59.8 Å². The number of carbonyl (C=O) groups is 3. The van der Waals surface area contributed by atoms with Crippen LogP contribution in [0.1, 0.15) is 24.4 Å². The lowest BCUT2D eigenvalue weighted by atomic mass is 9.70. The average Bonchev–Trinajstić information content (AvgIpc) is 3.77. The fourth-order valence-electron chi connectivity index (χ4n) is 7.28. The molecule has 3 aliphatic heterocycles. The van der Waals surface area contributed by atoms with E-state index in [1.165, 1.54) is 4.90 Å². The van der Waals surface area contributed by atoms with Crippen LogP contribution in [0.25, 0.3) is 11.0 Å². The number of likely N-dealkylation sites (tertiary alicyclic amines) is 1. The Morgan fingerprint density at radius 1 is 1.12 bits per heavy atom. The number of aliphatic hydroxyl groups is 1. The number of para-hydroxylation sites is 1. The number of hydrogen-bond donors (Lipinski definition) is 1. The van der Waals surface area contributed by atoms with E-state index >= 15 is 0 Å². The number of nitrogens with zero attached hydrogens (tertiary/aromatic N) is 6. The maximum Gasteiger partial charge on any atom is 0.250 e. The van der Waals surface area contributed by atoms with Crippen LogP contribution in [0.3, 0.4) is 0 Å². The van der Waals surface area contributed by atoms with Gasteiger partial charge in [-0.3, -0.25) is 14.4 Å². The van der Waals surface area contributed by atoms with E-state index in [1.807, 2.05) is 54.6 Å². The predicted octanol–water partition coefficient (Wildman–Crippen LogP) is 2.16. The number of benzene rings is 2. The van der Waals surface area contributed by atoms with Crippen LogP contribution in [0.2, 0.25) is 0 Å². The largest absolute Gasteiger partial charge is 0.394 e. The Morgan fingerprint density at radius 2 is 1.84 bits per heavy atom. The summed E-state index contributed by atoms with van der Waals surface area (Å²) in [6.45, 7) is 7.77. The molecule has 0 aliphatic carbocycles. The van der Waals surface area contributed by atoms with Crippen molar-refractivity contribution in [2.75, 3.05) is 26.7 Å². The number of carbonyl (C=O) groups excluding carboxylic acids is 3. The zero-order valence-corrected chi connectivity index (χ0v) is 24.2. The molecule has 1 aromatic heterocycles. The van der Waals surface area contributed by atoms with Gasteiger partial charge in [0.1, 0.15) is 23.8 Å². The average molecular weight is 585 g/mol. The monoisotopic (exact) mass is 584 g/mol. The third kappa shape index (κ3) is 4.54. The maximum atomic E-state index is 14.8. The second kappa shape index (κ2) is 11.4. The zero-order valence-electron chi connectivity index (χ0n) is 24.2. The first-order valence-electron chi connectivity index (χ1n) is 14.6. The van der Waals surface area contributed by atoms with Crippen molar-refractivity contribution in [3.05, 3.63) is 85.5 Å². The highest BCUT2D eigenvalue weighted by Crippen LogP contribution is 2.60. The second-order valence-corrected chi connectivity index (χ2v) is 11.5. The molecule has 6 atom stereocenters. The van der Waals surface area contributed by atoms with Crippen molar-refractivity contribution < 1.29 is 24.2 Å². The van der Waals surface area contributed by atoms with E-state index in [1.54, 1.807) is 33.7 Å². The Balaban J connectivity index is 1.44. The van der Waals surface area contributed by atoms with E-state index in [0.717, 1.165) is 5.52 Å². The SMILES string of the molecule is C=CCN(C)C(=O)[C@@H]1[C@@H]2CCC3(O2)C(C(=O)N(CC=C)Cn2nnc4ccccc42)N([C@H](CO)c2ccccc2)C(=O)[C@H]13. The van der Waals surface area contributed by atoms with E-state index in [4.69, 9.17) is 4.74 Å². The lowest BCUT2D eigenvalue weighted by Gasteiger charge is -2.39. The molecule has 3 amide bonds. The van der Waals surface area contributed by atoms with Crippen molar-refractivity contribution in [1.29, 1.82) is 0 Å². The van der Waals surface area contributed by atoms with E-state index in [2.05, 4.69) is 23.5 Å². The molecular formula is C32H36N6O5. The van der Waals surface area contributed by atoms with Crippen LogP contribution in [0.15, 0.2) is 79.9 Å². The summed E-state index contributed by atoms with van der Waals surface area (Å²) in [6.07, 6.45) is 3.76. The summed E-state index contributed by atoms with van der Waals surface area (Å²) in [4.78, 5) is 47.7. The van der Waals surface area contributed by atoms with Gasteiger partial charge in [-0.2, -0.15) is 0 Å². The summed E-state index contributed by atoms with van der Waals surface area (Å²) in [5, 5.41) is 19.2. The molecule has 43 heavy (non-hydrogen) atoms. The van der Waals surface area contributed by atoms with Crippen LogP contribution in [-0.4, -0.2) is 97.0 Å². The topological polar surface area (TPSA) is 121 Å². The quantitative estimate of drug-likeness (QED) is 0.343. The summed E-state index contributed by atoms with van der Waals surface area (Å²) in [5.74, 6) is -2.55. The summed E-state index contributed by atoms with van der Waals surface area (Å²) in [5.41, 5.74) is 0.912. The Labute approximate surface area is 250 Å². The molecule has 3 saturated heterocycles. The second-order valence-electron chi connectivity index (χ2n) is 11.5. The van der Waals surface area contributed by atoms with Crippen LogP contribution < -0.4 is 0 Å². The highest BCUT2D eigenvalue weighted by molar-refractivity contribution is 5.99. The molecule has 1 N–H and O–H groups in total. The molecule has 0 saturated carbocycles. The lowest BCUT2D eigenvalue weighted by Crippen LogP contribution is -2.57. The maximum absolute atomic E-state index is 14.8. The van der Waals surface area contributed by atoms with Gasteiger partial charge in [0.05, 0.1) is 36.1 Å². The van der Waals surface area contributed by atoms with E-state index < -0.39 is 42.2 Å². The number of ether oxygens (including phenoxy) is 1. The van der Waals surface area contributed by atoms with Gasteiger partial charge in [-0.25, -0.2) is 4.68 Å². The molecule has 3 aromatic rings. The van der Waals surface area contributed by atoms with Crippen LogP contribution in [-0.2, 0) is 25.8 Å². The van der Waals surface area contributed by atoms with E-state index in [-0.39, 0.29) is 30.9 Å². The Hall–Kier alpha value is -4.35. The van der Waals surface area contributed by atoms with Crippen LogP contribution in [0.4, 0.5) is 0 Å². The van der Waals surface area contributed by atoms with E-state index in [0.29, 0.717) is 30.5 Å². The standard InChI is InChI=1S/C32H36N6O5/c1-4-17-35(3)29(40)26-25-15-16-32(43-25)27(26)30(41)38(24(19-39)21-11-7-6-8-12-21)28(32)31(42)36(18-5-2)20-37-23-14-10-9-13-22(23)33-34-37/h4-14,24-28,39H,1-2,15-20H2,3H3/t24-,25+,26-,27+,28?,32?/m1/s1. The molecule has 0 radical (unpaired) electrons. The molecule has 3 aliphatic rings. The fraction of sp³-hybridized carbons (Fsp3) is 0.406. The van der Waals surface area contributed by atoms with Gasteiger partial charge in [0.25, 0.3) is 0 Å². The summed E-state index contributed by atoms with van der Waals surface area (Å²) in [6, 6.07) is 14.7. The molecule has 2 bridgehead atoms. The molecule has 1 spiro atoms. The minimum atomic E-state index is -1.22. The summed E-state index contributed by atoms with van der Waals surface area (Å²) < 4.78 is 8.26. The smallest absolute Gasteiger partial charge is 0.250 e. The number of likely N-dealkylation sites (N-methyl/N-ethyl adjacent to an activating group) is 1. The summed E-state index contributed by atoms with van der Waals surface area (Å²) >= 11 is 0. The number of rotatable bonds is 11. The molecule has 4 heterocycles. The Bertz CT molecular complexity index is 1560. The van der Waals surface area contributed by atoms with Crippen molar-refractivity contribution in [2.24, 2.45) is 11.8 Å². The number of hydrogen-bond acceptors (Lipinski definition) is 7. The normalized spacial score (nSPS) is 26.4. The number of aliphatic hydroxyl groups excluding tert-OH is 1. The first-order chi connectivity index (χ1) is 20.9. The Morgan fingerprint density at radius 3 is 2.56 bits per heavy atom. The van der Waals surface area contributed by atoms with Crippen molar-refractivity contribution in [3.8, 4) is 0 Å². The first-order valence-corrected chi connectivity index (χ1v) is 14.6. The van der Waals surface area contributed by atoms with Gasteiger partial charge in [-0.05, 0) is 30.5 Å². The number of amides is 3. The van der Waals surface area contributed by atoms with Crippen LogP contribution >= 0.6 is 0 Å². The number of fused-ring (bicyclic) bond motifs is 2. The van der Waals surface area contributed by atoms with Crippen molar-refractivity contribution in [2.45, 2.75) is 43.3 Å². The van der Waals surface area contributed by atoms with Gasteiger partial charge in [0.15, 0.2) is 0 Å². The molecular weight excluding hydrogens is 548 g/mol. The minimum absolute atomic E-state index is 0.0631. The highest BCUT2D eigenvalue weighted by Gasteiger charge is 2.75. The molecule has 6 rings (SSSR count). The van der Waals surface area contributed by atoms with Gasteiger partial charge in [0, 0.05) is 20.1 Å². The Kier molecular flexibility index (Phi) is 7.61. The molecule has 3 fully saturated rings. The van der Waals surface area contributed by atoms with Gasteiger partial charge in [0.2, 0.25) is 17.7 Å². The van der Waals surface area contributed by atoms with E-state index in [9.17, 15) is 19.5 Å². The number of aromatic nitrogens is 3. The van der Waals surface area contributed by atoms with Gasteiger partial charge < -0.3 is 24.5 Å². The highest BCUT2D eigenvalue weighted by atomic mass is 16.5. The van der Waals surface area contributed by atoms with Gasteiger partial charge in [-0.15, -0.1) is 18.3 Å². The lowest BCUT2D eigenvalue weighted by molar-refractivity contribution is -0.153. The third-order valence-corrected chi connectivity index (χ3v) is 9.12. The van der Waals surface area contributed by atoms with Crippen LogP contribution in [0.5, 0.6) is 0 Å².